The smallest absolute Gasteiger partial charge is 0.318 e. The number of hydrogen-bond donors (Lipinski definition) is 1. The van der Waals surface area contributed by atoms with Crippen molar-refractivity contribution >= 4 is 33.3 Å². The van der Waals surface area contributed by atoms with Crippen molar-refractivity contribution < 1.29 is 18.0 Å². The molecule has 6 heteroatoms. The van der Waals surface area contributed by atoms with E-state index in [0.29, 0.717) is 16.3 Å². The van der Waals surface area contributed by atoms with E-state index in [1.54, 1.807) is 30.5 Å². The number of nitrogens with one attached hydrogen (secondary N) is 1. The van der Waals surface area contributed by atoms with Crippen LogP contribution in [0, 0.1) is 0 Å². The maximum atomic E-state index is 12.4. The van der Waals surface area contributed by atoms with Gasteiger partial charge in [-0.25, -0.2) is 0 Å². The number of benzene rings is 2. The van der Waals surface area contributed by atoms with Crippen LogP contribution < -0.4 is 5.32 Å². The molecule has 106 valence electrons. The molecule has 0 saturated heterocycles. The summed E-state index contributed by atoms with van der Waals surface area (Å²) in [7, 11) is 0. The number of fused-ring (bicyclic) bond motifs is 3. The van der Waals surface area contributed by atoms with E-state index >= 15 is 0 Å². The average Bonchev–Trinajstić information content (AvgIpc) is 2.46. The summed E-state index contributed by atoms with van der Waals surface area (Å²) in [4.78, 5) is 15.4. The summed E-state index contributed by atoms with van der Waals surface area (Å²) in [5.74, 6) is -2.00. The molecule has 1 amide bonds. The number of pyridine rings is 1. The van der Waals surface area contributed by atoms with Crippen LogP contribution >= 0.6 is 0 Å². The first-order valence-corrected chi connectivity index (χ1v) is 6.11. The van der Waals surface area contributed by atoms with Gasteiger partial charge in [0.2, 0.25) is 0 Å². The van der Waals surface area contributed by atoms with Gasteiger partial charge in [0.1, 0.15) is 0 Å². The lowest BCUT2D eigenvalue weighted by Gasteiger charge is -2.12. The topological polar surface area (TPSA) is 42.0 Å². The Kier molecular flexibility index (Phi) is 3.01. The van der Waals surface area contributed by atoms with Gasteiger partial charge in [-0.2, -0.15) is 13.2 Å². The van der Waals surface area contributed by atoms with Gasteiger partial charge in [0.25, 0.3) is 0 Å². The standard InChI is InChI=1S/C15H9F3N2O/c16-15(17,18)14(21)20-11-5-1-3-9-6-7-10-4-2-8-19-13(10)12(9)11/h1-8H,(H,20,21). The third-order valence-corrected chi connectivity index (χ3v) is 3.12. The molecule has 1 N–H and O–H groups in total. The molecule has 1 aromatic heterocycles. The maximum absolute atomic E-state index is 12.4. The molecule has 0 atom stereocenters. The molecule has 21 heavy (non-hydrogen) atoms. The molecule has 1 heterocycles. The van der Waals surface area contributed by atoms with Gasteiger partial charge in [-0.15, -0.1) is 0 Å². The number of alkyl halides is 3. The molecule has 0 unspecified atom stereocenters. The van der Waals surface area contributed by atoms with Gasteiger partial charge in [0.05, 0.1) is 11.2 Å². The van der Waals surface area contributed by atoms with Crippen LogP contribution in [-0.2, 0) is 4.79 Å². The zero-order chi connectivity index (χ0) is 15.0. The van der Waals surface area contributed by atoms with E-state index in [4.69, 9.17) is 0 Å². The SMILES string of the molecule is O=C(Nc1cccc2ccc3cccnc3c12)C(F)(F)F. The number of carbonyl (C=O) groups is 1. The Hall–Kier alpha value is -2.63. The minimum Gasteiger partial charge on any atom is -0.318 e. The van der Waals surface area contributed by atoms with Gasteiger partial charge < -0.3 is 5.32 Å². The van der Waals surface area contributed by atoms with Crippen LogP contribution in [0.2, 0.25) is 0 Å². The summed E-state index contributed by atoms with van der Waals surface area (Å²) in [6.45, 7) is 0. The van der Waals surface area contributed by atoms with Gasteiger partial charge in [-0.1, -0.05) is 30.3 Å². The summed E-state index contributed by atoms with van der Waals surface area (Å²) >= 11 is 0. The zero-order valence-corrected chi connectivity index (χ0v) is 10.6. The van der Waals surface area contributed by atoms with Crippen molar-refractivity contribution in [3.05, 3.63) is 48.7 Å². The van der Waals surface area contributed by atoms with Crippen LogP contribution in [0.25, 0.3) is 21.7 Å². The highest BCUT2D eigenvalue weighted by Gasteiger charge is 2.38. The molecule has 3 nitrogen and oxygen atoms in total. The number of aromatic nitrogens is 1. The highest BCUT2D eigenvalue weighted by atomic mass is 19.4. The van der Waals surface area contributed by atoms with Gasteiger partial charge in [-0.05, 0) is 17.5 Å². The van der Waals surface area contributed by atoms with Crippen LogP contribution in [0.3, 0.4) is 0 Å². The Morgan fingerprint density at radius 3 is 2.48 bits per heavy atom. The largest absolute Gasteiger partial charge is 0.471 e. The molecule has 3 aromatic rings. The van der Waals surface area contributed by atoms with E-state index in [9.17, 15) is 18.0 Å². The highest BCUT2D eigenvalue weighted by Crippen LogP contribution is 2.31. The fraction of sp³-hybridized carbons (Fsp3) is 0.0667. The first-order valence-electron chi connectivity index (χ1n) is 6.11. The van der Waals surface area contributed by atoms with Crippen molar-refractivity contribution in [3.63, 3.8) is 0 Å². The summed E-state index contributed by atoms with van der Waals surface area (Å²) in [5, 5.41) is 3.91. The second-order valence-corrected chi connectivity index (χ2v) is 4.50. The third kappa shape index (κ3) is 2.40. The van der Waals surface area contributed by atoms with Crippen molar-refractivity contribution in [2.24, 2.45) is 0 Å². The molecule has 0 radical (unpaired) electrons. The first-order chi connectivity index (χ1) is 9.97. The fourth-order valence-electron chi connectivity index (χ4n) is 2.21. The quantitative estimate of drug-likeness (QED) is 0.691. The third-order valence-electron chi connectivity index (χ3n) is 3.12. The van der Waals surface area contributed by atoms with Crippen LogP contribution in [0.15, 0.2) is 48.7 Å². The molecule has 0 aliphatic heterocycles. The Labute approximate surface area is 117 Å². The Morgan fingerprint density at radius 1 is 1.00 bits per heavy atom. The molecule has 3 rings (SSSR count). The monoisotopic (exact) mass is 290 g/mol. The molecule has 0 spiro atoms. The molecule has 0 aliphatic rings. The van der Waals surface area contributed by atoms with E-state index in [1.165, 1.54) is 6.07 Å². The summed E-state index contributed by atoms with van der Waals surface area (Å²) < 4.78 is 37.3. The highest BCUT2D eigenvalue weighted by molar-refractivity contribution is 6.14. The predicted octanol–water partition coefficient (Wildman–Crippen LogP) is 3.89. The Bertz CT molecular complexity index is 843. The molecular weight excluding hydrogens is 281 g/mol. The van der Waals surface area contributed by atoms with Gasteiger partial charge >= 0.3 is 12.1 Å². The Morgan fingerprint density at radius 2 is 1.71 bits per heavy atom. The van der Waals surface area contributed by atoms with Crippen LogP contribution in [0.5, 0.6) is 0 Å². The second-order valence-electron chi connectivity index (χ2n) is 4.50. The van der Waals surface area contributed by atoms with Gasteiger partial charge in [0, 0.05) is 17.0 Å². The lowest BCUT2D eigenvalue weighted by Crippen LogP contribution is -2.30. The zero-order valence-electron chi connectivity index (χ0n) is 10.6. The van der Waals surface area contributed by atoms with Crippen LogP contribution in [0.1, 0.15) is 0 Å². The second kappa shape index (κ2) is 4.73. The number of halogens is 3. The maximum Gasteiger partial charge on any atom is 0.471 e. The Balaban J connectivity index is 2.23. The minimum atomic E-state index is -4.93. The molecule has 2 aromatic carbocycles. The number of rotatable bonds is 1. The molecule has 0 bridgehead atoms. The predicted molar refractivity (Wildman–Crippen MR) is 73.9 cm³/mol. The van der Waals surface area contributed by atoms with E-state index in [1.807, 2.05) is 17.4 Å². The van der Waals surface area contributed by atoms with E-state index < -0.39 is 12.1 Å². The first kappa shape index (κ1) is 13.4. The fourth-order valence-corrected chi connectivity index (χ4v) is 2.21. The van der Waals surface area contributed by atoms with E-state index in [-0.39, 0.29) is 5.69 Å². The van der Waals surface area contributed by atoms with Crippen molar-refractivity contribution in [2.75, 3.05) is 5.32 Å². The van der Waals surface area contributed by atoms with Crippen molar-refractivity contribution in [1.29, 1.82) is 0 Å². The van der Waals surface area contributed by atoms with E-state index in [2.05, 4.69) is 4.98 Å². The summed E-state index contributed by atoms with van der Waals surface area (Å²) in [6.07, 6.45) is -3.37. The van der Waals surface area contributed by atoms with Crippen LogP contribution in [-0.4, -0.2) is 17.1 Å². The lowest BCUT2D eigenvalue weighted by molar-refractivity contribution is -0.167. The van der Waals surface area contributed by atoms with Gasteiger partial charge in [-0.3, -0.25) is 9.78 Å². The molecule has 0 saturated carbocycles. The minimum absolute atomic E-state index is 0.0964. The number of amides is 1. The molecule has 0 aliphatic carbocycles. The summed E-state index contributed by atoms with van der Waals surface area (Å²) in [5.41, 5.74) is 0.646. The number of nitrogens with zero attached hydrogens (tertiary/aromatic N) is 1. The van der Waals surface area contributed by atoms with Gasteiger partial charge in [0.15, 0.2) is 0 Å². The number of anilines is 1. The normalized spacial score (nSPS) is 11.8. The summed E-state index contributed by atoms with van der Waals surface area (Å²) in [6, 6.07) is 11.9. The molecular formula is C15H9F3N2O. The average molecular weight is 290 g/mol. The molecule has 0 fully saturated rings. The van der Waals surface area contributed by atoms with Crippen LogP contribution in [0.4, 0.5) is 18.9 Å². The lowest BCUT2D eigenvalue weighted by atomic mass is 10.0. The van der Waals surface area contributed by atoms with Crippen molar-refractivity contribution in [2.45, 2.75) is 6.18 Å². The number of hydrogen-bond acceptors (Lipinski definition) is 2. The number of carbonyl (C=O) groups excluding carboxylic acids is 1. The van der Waals surface area contributed by atoms with Crippen molar-refractivity contribution in [1.82, 2.24) is 4.98 Å². The van der Waals surface area contributed by atoms with E-state index in [0.717, 1.165) is 5.39 Å². The van der Waals surface area contributed by atoms with Crippen molar-refractivity contribution in [3.8, 4) is 0 Å².